The molecule has 1 aliphatic rings. The molecule has 14 heteroatoms. The van der Waals surface area contributed by atoms with E-state index in [1.54, 1.807) is 30.3 Å². The summed E-state index contributed by atoms with van der Waals surface area (Å²) in [7, 11) is 0. The zero-order chi connectivity index (χ0) is 25.3. The fourth-order valence-electron chi connectivity index (χ4n) is 3.80. The molecule has 1 saturated heterocycles. The lowest BCUT2D eigenvalue weighted by Crippen LogP contribution is -2.58. The van der Waals surface area contributed by atoms with Gasteiger partial charge in [-0.15, -0.1) is 0 Å². The molecule has 6 N–H and O–H groups in total. The number of aliphatic carboxylic acids is 1. The highest BCUT2D eigenvalue weighted by Crippen LogP contribution is 2.35. The molecule has 3 aromatic rings. The Bertz CT molecular complexity index is 1250. The third kappa shape index (κ3) is 4.49. The molecule has 0 aliphatic carbocycles. The topological polar surface area (TPSA) is 209 Å². The number of anilines is 1. The number of carboxylic acid groups (broad SMARTS) is 1. The Morgan fingerprint density at radius 3 is 2.60 bits per heavy atom. The number of aliphatic hydroxyl groups is 1. The van der Waals surface area contributed by atoms with Gasteiger partial charge in [0.05, 0.1) is 12.4 Å². The highest BCUT2D eigenvalue weighted by molar-refractivity contribution is 5.96. The molecule has 5 atom stereocenters. The van der Waals surface area contributed by atoms with E-state index in [4.69, 9.17) is 20.9 Å². The summed E-state index contributed by atoms with van der Waals surface area (Å²) < 4.78 is 12.1. The lowest BCUT2D eigenvalue weighted by Gasteiger charge is -2.31. The zero-order valence-electron chi connectivity index (χ0n) is 18.5. The monoisotopic (exact) mass is 485 g/mol. The van der Waals surface area contributed by atoms with Gasteiger partial charge in [-0.2, -0.15) is 0 Å². The maximum Gasteiger partial charge on any atom is 0.417 e. The van der Waals surface area contributed by atoms with Crippen LogP contribution in [0.25, 0.3) is 11.2 Å². The molecule has 0 unspecified atom stereocenters. The van der Waals surface area contributed by atoms with E-state index in [-0.39, 0.29) is 23.6 Å². The molecule has 4 rings (SSSR count). The molecular weight excluding hydrogens is 462 g/mol. The van der Waals surface area contributed by atoms with E-state index in [0.717, 1.165) is 6.33 Å². The molecule has 35 heavy (non-hydrogen) atoms. The summed E-state index contributed by atoms with van der Waals surface area (Å²) in [5, 5.41) is 21.0. The largest absolute Gasteiger partial charge is 0.479 e. The maximum absolute atomic E-state index is 13.0. The van der Waals surface area contributed by atoms with E-state index in [0.29, 0.717) is 10.5 Å². The van der Waals surface area contributed by atoms with E-state index in [2.05, 4.69) is 15.0 Å². The Morgan fingerprint density at radius 1 is 1.23 bits per heavy atom. The van der Waals surface area contributed by atoms with Crippen molar-refractivity contribution in [1.82, 2.24) is 24.4 Å². The number of hydrogen-bond donors (Lipinski definition) is 4. The number of benzene rings is 1. The molecule has 0 radical (unpaired) electrons. The van der Waals surface area contributed by atoms with E-state index in [1.807, 2.05) is 0 Å². The number of carbonyl (C=O) groups is 3. The van der Waals surface area contributed by atoms with Crippen molar-refractivity contribution in [1.29, 1.82) is 0 Å². The standard InChI is InChI=1S/C21H23N7O7/c1-10(22)18(30)28(21(33)34-7-11-5-3-2-4-6-11)13-14(29)19(35-15(13)20(31)32)27-9-26-12-16(23)24-8-25-17(12)27/h2-6,8-10,13-15,19,29H,7,22H2,1H3,(H,31,32)(H2,23,24,25)/t10-,13-,14+,15-,19+/m0/s1. The van der Waals surface area contributed by atoms with Crippen LogP contribution in [0.5, 0.6) is 0 Å². The predicted molar refractivity (Wildman–Crippen MR) is 118 cm³/mol. The second-order valence-electron chi connectivity index (χ2n) is 7.89. The number of amides is 2. The summed E-state index contributed by atoms with van der Waals surface area (Å²) in [5.74, 6) is -2.41. The van der Waals surface area contributed by atoms with Crippen LogP contribution in [0.4, 0.5) is 10.6 Å². The van der Waals surface area contributed by atoms with E-state index >= 15 is 0 Å². The van der Waals surface area contributed by atoms with Crippen molar-refractivity contribution in [3.05, 3.63) is 48.5 Å². The van der Waals surface area contributed by atoms with E-state index < -0.39 is 48.5 Å². The van der Waals surface area contributed by atoms with Crippen LogP contribution in [0.3, 0.4) is 0 Å². The van der Waals surface area contributed by atoms with Crippen LogP contribution < -0.4 is 11.5 Å². The quantitative estimate of drug-likeness (QED) is 0.352. The number of rotatable bonds is 6. The number of imidazole rings is 1. The van der Waals surface area contributed by atoms with Crippen molar-refractivity contribution in [3.8, 4) is 0 Å². The van der Waals surface area contributed by atoms with Gasteiger partial charge < -0.3 is 31.2 Å². The van der Waals surface area contributed by atoms with Gasteiger partial charge in [0.25, 0.3) is 0 Å². The average molecular weight is 485 g/mol. The van der Waals surface area contributed by atoms with Gasteiger partial charge in [0.1, 0.15) is 30.6 Å². The van der Waals surface area contributed by atoms with Crippen molar-refractivity contribution in [2.45, 2.75) is 44.1 Å². The fourth-order valence-corrected chi connectivity index (χ4v) is 3.80. The van der Waals surface area contributed by atoms with Crippen molar-refractivity contribution in [2.24, 2.45) is 5.73 Å². The molecule has 2 amide bonds. The first-order chi connectivity index (χ1) is 16.7. The van der Waals surface area contributed by atoms with Crippen LogP contribution in [-0.2, 0) is 25.7 Å². The zero-order valence-corrected chi connectivity index (χ0v) is 18.5. The van der Waals surface area contributed by atoms with Crippen LogP contribution in [0.15, 0.2) is 43.0 Å². The molecule has 0 saturated carbocycles. The fraction of sp³-hybridized carbons (Fsp3) is 0.333. The summed E-state index contributed by atoms with van der Waals surface area (Å²) in [6.45, 7) is 1.12. The molecule has 1 aliphatic heterocycles. The first-order valence-electron chi connectivity index (χ1n) is 10.5. The normalized spacial score (nSPS) is 22.6. The number of hydrogen-bond acceptors (Lipinski definition) is 11. The Morgan fingerprint density at radius 2 is 1.94 bits per heavy atom. The van der Waals surface area contributed by atoms with Crippen LogP contribution in [0, 0.1) is 0 Å². The maximum atomic E-state index is 13.0. The minimum Gasteiger partial charge on any atom is -0.479 e. The lowest BCUT2D eigenvalue weighted by atomic mass is 10.0. The van der Waals surface area contributed by atoms with Crippen molar-refractivity contribution < 1.29 is 34.1 Å². The van der Waals surface area contributed by atoms with E-state index in [1.165, 1.54) is 17.8 Å². The highest BCUT2D eigenvalue weighted by Gasteiger charge is 2.55. The van der Waals surface area contributed by atoms with Gasteiger partial charge in [-0.25, -0.2) is 29.4 Å². The molecule has 2 aromatic heterocycles. The number of carboxylic acids is 1. The smallest absolute Gasteiger partial charge is 0.417 e. The number of carbonyl (C=O) groups excluding carboxylic acids is 2. The predicted octanol–water partition coefficient (Wildman–Crippen LogP) is -0.367. The molecule has 3 heterocycles. The Kier molecular flexibility index (Phi) is 6.59. The van der Waals surface area contributed by atoms with Gasteiger partial charge in [0.15, 0.2) is 23.8 Å². The number of aliphatic hydroxyl groups excluding tert-OH is 1. The number of fused-ring (bicyclic) bond motifs is 1. The Balaban J connectivity index is 1.69. The van der Waals surface area contributed by atoms with Gasteiger partial charge in [-0.05, 0) is 12.5 Å². The first kappa shape index (κ1) is 24.0. The first-order valence-corrected chi connectivity index (χ1v) is 10.5. The van der Waals surface area contributed by atoms with Crippen LogP contribution in [-0.4, -0.2) is 76.9 Å². The number of imide groups is 1. The number of nitrogens with two attached hydrogens (primary N) is 2. The minimum absolute atomic E-state index is 0.0609. The Hall–Kier alpha value is -4.14. The highest BCUT2D eigenvalue weighted by atomic mass is 16.6. The van der Waals surface area contributed by atoms with Crippen LogP contribution in [0.2, 0.25) is 0 Å². The van der Waals surface area contributed by atoms with Gasteiger partial charge in [0.2, 0.25) is 5.91 Å². The molecule has 184 valence electrons. The average Bonchev–Trinajstić information content (AvgIpc) is 3.41. The summed E-state index contributed by atoms with van der Waals surface area (Å²) in [6, 6.07) is 5.77. The lowest BCUT2D eigenvalue weighted by molar-refractivity contribution is -0.154. The van der Waals surface area contributed by atoms with Crippen LogP contribution >= 0.6 is 0 Å². The summed E-state index contributed by atoms with van der Waals surface area (Å²) in [6.07, 6.45) is -3.69. The molecule has 14 nitrogen and oxygen atoms in total. The van der Waals surface area contributed by atoms with Crippen molar-refractivity contribution in [3.63, 3.8) is 0 Å². The SMILES string of the molecule is C[C@H](N)C(=O)N(C(=O)OCc1ccccc1)[C@H]1[C@@H](O)[C@H](n2cnc3c(N)ncnc32)O[C@@H]1C(=O)O. The summed E-state index contributed by atoms with van der Waals surface area (Å²) in [4.78, 5) is 50.5. The molecule has 1 aromatic carbocycles. The minimum atomic E-state index is -1.81. The molecular formula is C21H23N7O7. The van der Waals surface area contributed by atoms with Gasteiger partial charge in [0, 0.05) is 0 Å². The number of nitrogen functional groups attached to an aromatic ring is 1. The number of aromatic nitrogens is 4. The third-order valence-corrected chi connectivity index (χ3v) is 5.47. The molecule has 0 bridgehead atoms. The summed E-state index contributed by atoms with van der Waals surface area (Å²) in [5.41, 5.74) is 12.5. The molecule has 1 fully saturated rings. The summed E-state index contributed by atoms with van der Waals surface area (Å²) >= 11 is 0. The van der Waals surface area contributed by atoms with Gasteiger partial charge >= 0.3 is 12.1 Å². The number of ether oxygens (including phenoxy) is 2. The van der Waals surface area contributed by atoms with Crippen LogP contribution in [0.1, 0.15) is 18.7 Å². The van der Waals surface area contributed by atoms with Crippen molar-refractivity contribution in [2.75, 3.05) is 5.73 Å². The van der Waals surface area contributed by atoms with Gasteiger partial charge in [-0.1, -0.05) is 30.3 Å². The third-order valence-electron chi connectivity index (χ3n) is 5.47. The second-order valence-corrected chi connectivity index (χ2v) is 7.89. The van der Waals surface area contributed by atoms with Gasteiger partial charge in [-0.3, -0.25) is 9.36 Å². The van der Waals surface area contributed by atoms with Crippen molar-refractivity contribution >= 4 is 35.0 Å². The second kappa shape index (κ2) is 9.61. The number of nitrogens with zero attached hydrogens (tertiary/aromatic N) is 5. The Labute approximate surface area is 198 Å². The molecule has 0 spiro atoms. The van der Waals surface area contributed by atoms with E-state index in [9.17, 15) is 24.6 Å².